The van der Waals surface area contributed by atoms with Crippen molar-refractivity contribution in [2.75, 3.05) is 0 Å². The third-order valence-corrected chi connectivity index (χ3v) is 4.11. The number of hydrogen-bond donors (Lipinski definition) is 0. The monoisotopic (exact) mass is 303 g/mol. The van der Waals surface area contributed by atoms with Crippen molar-refractivity contribution in [2.45, 2.75) is 6.92 Å². The lowest BCUT2D eigenvalue weighted by Gasteiger charge is -2.06. The van der Waals surface area contributed by atoms with Gasteiger partial charge in [0, 0.05) is 21.9 Å². The molecule has 0 saturated heterocycles. The second kappa shape index (κ2) is 4.95. The molecule has 0 bridgehead atoms. The molecule has 1 aromatic heterocycles. The summed E-state index contributed by atoms with van der Waals surface area (Å²) in [6, 6.07) is 18.9. The number of nitro benzene ring substituents is 1. The maximum Gasteiger partial charge on any atom is 0.280 e. The summed E-state index contributed by atoms with van der Waals surface area (Å²) in [6.07, 6.45) is 0. The van der Waals surface area contributed by atoms with Crippen LogP contribution in [0.2, 0.25) is 0 Å². The summed E-state index contributed by atoms with van der Waals surface area (Å²) < 4.78 is 5.99. The van der Waals surface area contributed by atoms with Crippen LogP contribution in [0.15, 0.2) is 65.1 Å². The van der Waals surface area contributed by atoms with Gasteiger partial charge in [-0.05, 0) is 19.1 Å². The van der Waals surface area contributed by atoms with E-state index in [-0.39, 0.29) is 10.6 Å². The number of para-hydroxylation sites is 3. The molecule has 0 unspecified atom stereocenters. The molecule has 0 fully saturated rings. The van der Waals surface area contributed by atoms with Crippen LogP contribution in [0.5, 0.6) is 0 Å². The Balaban J connectivity index is 2.12. The van der Waals surface area contributed by atoms with E-state index in [9.17, 15) is 10.1 Å². The van der Waals surface area contributed by atoms with Crippen LogP contribution in [-0.4, -0.2) is 4.92 Å². The Bertz CT molecular complexity index is 1060. The van der Waals surface area contributed by atoms with Gasteiger partial charge in [0.1, 0.15) is 11.2 Å². The number of aryl methyl sites for hydroxylation is 1. The zero-order valence-corrected chi connectivity index (χ0v) is 12.4. The van der Waals surface area contributed by atoms with E-state index >= 15 is 0 Å². The van der Waals surface area contributed by atoms with Gasteiger partial charge < -0.3 is 4.42 Å². The van der Waals surface area contributed by atoms with Crippen LogP contribution in [0.4, 0.5) is 5.69 Å². The Labute approximate surface area is 132 Å². The van der Waals surface area contributed by atoms with E-state index in [2.05, 4.69) is 0 Å². The highest BCUT2D eigenvalue weighted by Gasteiger charge is 2.21. The van der Waals surface area contributed by atoms with Gasteiger partial charge in [0.2, 0.25) is 0 Å². The number of benzene rings is 3. The Morgan fingerprint density at radius 2 is 1.57 bits per heavy atom. The number of nitrogens with zero attached hydrogens (tertiary/aromatic N) is 1. The van der Waals surface area contributed by atoms with Gasteiger partial charge in [-0.3, -0.25) is 10.1 Å². The van der Waals surface area contributed by atoms with Crippen molar-refractivity contribution in [3.05, 3.63) is 76.3 Å². The molecule has 4 nitrogen and oxygen atoms in total. The molecule has 3 aromatic carbocycles. The SMILES string of the molecule is Cc1cccc(-c2cccc3c2oc2ccccc23)c1[N+](=O)[O-]. The maximum atomic E-state index is 11.5. The van der Waals surface area contributed by atoms with E-state index in [1.54, 1.807) is 19.1 Å². The highest BCUT2D eigenvalue weighted by molar-refractivity contribution is 6.10. The minimum Gasteiger partial charge on any atom is -0.455 e. The molecule has 112 valence electrons. The number of nitro groups is 1. The first-order valence-corrected chi connectivity index (χ1v) is 7.31. The van der Waals surface area contributed by atoms with Crippen LogP contribution in [0, 0.1) is 17.0 Å². The van der Waals surface area contributed by atoms with Gasteiger partial charge in [-0.15, -0.1) is 0 Å². The van der Waals surface area contributed by atoms with Crippen molar-refractivity contribution in [2.24, 2.45) is 0 Å². The summed E-state index contributed by atoms with van der Waals surface area (Å²) in [7, 11) is 0. The van der Waals surface area contributed by atoms with E-state index < -0.39 is 0 Å². The molecule has 0 atom stereocenters. The number of rotatable bonds is 2. The molecule has 4 rings (SSSR count). The fourth-order valence-electron chi connectivity index (χ4n) is 3.08. The Morgan fingerprint density at radius 3 is 2.39 bits per heavy atom. The van der Waals surface area contributed by atoms with E-state index in [1.807, 2.05) is 48.5 Å². The van der Waals surface area contributed by atoms with Crippen LogP contribution >= 0.6 is 0 Å². The summed E-state index contributed by atoms with van der Waals surface area (Å²) in [6.45, 7) is 1.75. The van der Waals surface area contributed by atoms with Crippen LogP contribution in [0.25, 0.3) is 33.1 Å². The first-order chi connectivity index (χ1) is 11.2. The predicted molar refractivity (Wildman–Crippen MR) is 90.5 cm³/mol. The average molecular weight is 303 g/mol. The average Bonchev–Trinajstić information content (AvgIpc) is 2.93. The summed E-state index contributed by atoms with van der Waals surface area (Å²) in [5.41, 5.74) is 3.56. The molecule has 0 radical (unpaired) electrons. The second-order valence-electron chi connectivity index (χ2n) is 5.51. The molecule has 1 heterocycles. The molecule has 4 heteroatoms. The molecular formula is C19H13NO3. The lowest BCUT2D eigenvalue weighted by molar-refractivity contribution is -0.384. The van der Waals surface area contributed by atoms with E-state index in [0.717, 1.165) is 21.9 Å². The molecule has 0 aliphatic heterocycles. The number of fused-ring (bicyclic) bond motifs is 3. The molecule has 0 saturated carbocycles. The highest BCUT2D eigenvalue weighted by Crippen LogP contribution is 2.39. The maximum absolute atomic E-state index is 11.5. The first-order valence-electron chi connectivity index (χ1n) is 7.31. The summed E-state index contributed by atoms with van der Waals surface area (Å²) in [5.74, 6) is 0. The van der Waals surface area contributed by atoms with Gasteiger partial charge in [0.15, 0.2) is 0 Å². The van der Waals surface area contributed by atoms with Crippen LogP contribution in [-0.2, 0) is 0 Å². The molecule has 0 spiro atoms. The Hall–Kier alpha value is -3.14. The van der Waals surface area contributed by atoms with E-state index in [1.165, 1.54) is 0 Å². The quantitative estimate of drug-likeness (QED) is 0.364. The van der Waals surface area contributed by atoms with Crippen LogP contribution in [0.1, 0.15) is 5.56 Å². The third-order valence-electron chi connectivity index (χ3n) is 4.11. The summed E-state index contributed by atoms with van der Waals surface area (Å²) in [4.78, 5) is 11.2. The van der Waals surface area contributed by atoms with E-state index in [0.29, 0.717) is 16.7 Å². The zero-order valence-electron chi connectivity index (χ0n) is 12.4. The lowest BCUT2D eigenvalue weighted by Crippen LogP contribution is -1.95. The van der Waals surface area contributed by atoms with Crippen molar-refractivity contribution in [1.29, 1.82) is 0 Å². The van der Waals surface area contributed by atoms with Crippen LogP contribution in [0.3, 0.4) is 0 Å². The van der Waals surface area contributed by atoms with Crippen molar-refractivity contribution in [3.63, 3.8) is 0 Å². The molecule has 23 heavy (non-hydrogen) atoms. The van der Waals surface area contributed by atoms with Crippen LogP contribution < -0.4 is 0 Å². The normalized spacial score (nSPS) is 11.2. The van der Waals surface area contributed by atoms with Gasteiger partial charge >= 0.3 is 0 Å². The standard InChI is InChI=1S/C19H13NO3/c1-12-6-4-8-14(18(12)20(21)22)16-10-5-9-15-13-7-2-3-11-17(13)23-19(15)16/h2-11H,1H3. The molecule has 0 amide bonds. The third kappa shape index (κ3) is 1.99. The van der Waals surface area contributed by atoms with Crippen molar-refractivity contribution < 1.29 is 9.34 Å². The second-order valence-corrected chi connectivity index (χ2v) is 5.51. The fourth-order valence-corrected chi connectivity index (χ4v) is 3.08. The van der Waals surface area contributed by atoms with Crippen molar-refractivity contribution in [3.8, 4) is 11.1 Å². The predicted octanol–water partition coefficient (Wildman–Crippen LogP) is 5.47. The van der Waals surface area contributed by atoms with Crippen molar-refractivity contribution >= 4 is 27.6 Å². The Morgan fingerprint density at radius 1 is 0.870 bits per heavy atom. The number of furan rings is 1. The molecule has 0 N–H and O–H groups in total. The van der Waals surface area contributed by atoms with Gasteiger partial charge in [0.25, 0.3) is 5.69 Å². The lowest BCUT2D eigenvalue weighted by atomic mass is 9.98. The first kappa shape index (κ1) is 13.5. The molecule has 0 aliphatic carbocycles. The fraction of sp³-hybridized carbons (Fsp3) is 0.0526. The molecule has 0 aliphatic rings. The molecular weight excluding hydrogens is 290 g/mol. The van der Waals surface area contributed by atoms with Crippen molar-refractivity contribution in [1.82, 2.24) is 0 Å². The molecule has 4 aromatic rings. The summed E-state index contributed by atoms with van der Waals surface area (Å²) in [5, 5.41) is 13.5. The van der Waals surface area contributed by atoms with Gasteiger partial charge in [-0.2, -0.15) is 0 Å². The van der Waals surface area contributed by atoms with Gasteiger partial charge in [-0.25, -0.2) is 0 Å². The van der Waals surface area contributed by atoms with Gasteiger partial charge in [-0.1, -0.05) is 48.5 Å². The Kier molecular flexibility index (Phi) is 2.91. The zero-order chi connectivity index (χ0) is 16.0. The smallest absolute Gasteiger partial charge is 0.280 e. The topological polar surface area (TPSA) is 56.3 Å². The van der Waals surface area contributed by atoms with E-state index in [4.69, 9.17) is 4.42 Å². The number of hydrogen-bond acceptors (Lipinski definition) is 3. The largest absolute Gasteiger partial charge is 0.455 e. The van der Waals surface area contributed by atoms with Gasteiger partial charge in [0.05, 0.1) is 10.5 Å². The highest BCUT2D eigenvalue weighted by atomic mass is 16.6. The summed E-state index contributed by atoms with van der Waals surface area (Å²) >= 11 is 0. The minimum absolute atomic E-state index is 0.125. The minimum atomic E-state index is -0.327.